The SMILES string of the molecule is NS(=O)(=O)Oc1ccc(NC(=O)C23CC4CC(CC(C4)C2)C3)cc1. The monoisotopic (exact) mass is 350 g/mol. The molecule has 4 aliphatic rings. The Morgan fingerprint density at radius 1 is 1.04 bits per heavy atom. The Morgan fingerprint density at radius 2 is 1.54 bits per heavy atom. The van der Waals surface area contributed by atoms with E-state index in [4.69, 9.17) is 5.14 Å². The van der Waals surface area contributed by atoms with Gasteiger partial charge in [-0.1, -0.05) is 0 Å². The lowest BCUT2D eigenvalue weighted by atomic mass is 9.49. The van der Waals surface area contributed by atoms with E-state index < -0.39 is 10.3 Å². The van der Waals surface area contributed by atoms with E-state index in [1.807, 2.05) is 0 Å². The first kappa shape index (κ1) is 15.9. The number of anilines is 1. The van der Waals surface area contributed by atoms with Gasteiger partial charge in [-0.15, -0.1) is 0 Å². The molecule has 5 rings (SSSR count). The van der Waals surface area contributed by atoms with Crippen molar-refractivity contribution >= 4 is 21.9 Å². The van der Waals surface area contributed by atoms with Gasteiger partial charge in [0.25, 0.3) is 0 Å². The molecule has 4 bridgehead atoms. The number of nitrogens with one attached hydrogen (secondary N) is 1. The maximum Gasteiger partial charge on any atom is 0.380 e. The molecule has 0 heterocycles. The number of carbonyl (C=O) groups excluding carboxylic acids is 1. The average Bonchev–Trinajstić information content (AvgIpc) is 2.46. The summed E-state index contributed by atoms with van der Waals surface area (Å²) in [5.74, 6) is 2.39. The molecule has 0 unspecified atom stereocenters. The first-order chi connectivity index (χ1) is 11.3. The zero-order valence-corrected chi connectivity index (χ0v) is 14.2. The zero-order chi connectivity index (χ0) is 16.9. The largest absolute Gasteiger partial charge is 0.380 e. The van der Waals surface area contributed by atoms with Gasteiger partial charge < -0.3 is 9.50 Å². The normalized spacial score (nSPS) is 34.1. The molecule has 1 aromatic rings. The summed E-state index contributed by atoms with van der Waals surface area (Å²) in [6, 6.07) is 6.25. The van der Waals surface area contributed by atoms with Crippen molar-refractivity contribution in [3.8, 4) is 5.75 Å². The minimum absolute atomic E-state index is 0.113. The van der Waals surface area contributed by atoms with Gasteiger partial charge in [-0.3, -0.25) is 4.79 Å². The lowest BCUT2D eigenvalue weighted by Crippen LogP contribution is -2.51. The molecule has 0 aromatic heterocycles. The predicted molar refractivity (Wildman–Crippen MR) is 89.4 cm³/mol. The van der Waals surface area contributed by atoms with Gasteiger partial charge in [-0.2, -0.15) is 13.6 Å². The summed E-state index contributed by atoms with van der Waals surface area (Å²) in [5.41, 5.74) is 0.447. The first-order valence-corrected chi connectivity index (χ1v) is 9.92. The van der Waals surface area contributed by atoms with Gasteiger partial charge in [0.05, 0.1) is 5.41 Å². The van der Waals surface area contributed by atoms with Crippen LogP contribution in [-0.2, 0) is 15.1 Å². The Kier molecular flexibility index (Phi) is 3.61. The van der Waals surface area contributed by atoms with E-state index in [9.17, 15) is 13.2 Å². The summed E-state index contributed by atoms with van der Waals surface area (Å²) in [6.07, 6.45) is 6.93. The van der Waals surface area contributed by atoms with Crippen LogP contribution >= 0.6 is 0 Å². The maximum atomic E-state index is 12.9. The van der Waals surface area contributed by atoms with E-state index in [0.717, 1.165) is 19.3 Å². The first-order valence-electron chi connectivity index (χ1n) is 8.45. The van der Waals surface area contributed by atoms with Crippen LogP contribution in [0.5, 0.6) is 5.75 Å². The molecule has 4 aliphatic carbocycles. The summed E-state index contributed by atoms with van der Waals surface area (Å²) < 4.78 is 26.4. The molecule has 0 radical (unpaired) electrons. The molecule has 24 heavy (non-hydrogen) atoms. The van der Waals surface area contributed by atoms with Crippen LogP contribution in [0.4, 0.5) is 5.69 Å². The smallest absolute Gasteiger partial charge is 0.371 e. The van der Waals surface area contributed by atoms with Gasteiger partial charge in [0.1, 0.15) is 5.75 Å². The van der Waals surface area contributed by atoms with Crippen LogP contribution in [0, 0.1) is 23.2 Å². The molecule has 4 saturated carbocycles. The summed E-state index contributed by atoms with van der Waals surface area (Å²) in [4.78, 5) is 12.9. The molecule has 3 N–H and O–H groups in total. The Labute approximate surface area is 142 Å². The Hall–Kier alpha value is -1.60. The molecule has 0 saturated heterocycles. The van der Waals surface area contributed by atoms with Crippen LogP contribution in [0.15, 0.2) is 24.3 Å². The van der Waals surface area contributed by atoms with Gasteiger partial charge >= 0.3 is 10.3 Å². The molecule has 0 atom stereocenters. The average molecular weight is 350 g/mol. The topological polar surface area (TPSA) is 98.5 Å². The number of amides is 1. The highest BCUT2D eigenvalue weighted by atomic mass is 32.2. The third-order valence-corrected chi connectivity index (χ3v) is 6.27. The van der Waals surface area contributed by atoms with Crippen molar-refractivity contribution in [2.45, 2.75) is 38.5 Å². The molecule has 6 nitrogen and oxygen atoms in total. The number of carbonyl (C=O) groups is 1. The second kappa shape index (κ2) is 5.46. The Balaban J connectivity index is 1.46. The molecule has 1 amide bonds. The highest BCUT2D eigenvalue weighted by molar-refractivity contribution is 7.84. The molecule has 1 aromatic carbocycles. The molecule has 7 heteroatoms. The van der Waals surface area contributed by atoms with Crippen LogP contribution in [-0.4, -0.2) is 14.3 Å². The number of nitrogens with two attached hydrogens (primary N) is 1. The lowest BCUT2D eigenvalue weighted by Gasteiger charge is -2.55. The fourth-order valence-corrected chi connectivity index (χ4v) is 5.76. The van der Waals surface area contributed by atoms with Crippen LogP contribution in [0.2, 0.25) is 0 Å². The fraction of sp³-hybridized carbons (Fsp3) is 0.588. The predicted octanol–water partition coefficient (Wildman–Crippen LogP) is 2.42. The van der Waals surface area contributed by atoms with Crippen LogP contribution < -0.4 is 14.6 Å². The van der Waals surface area contributed by atoms with E-state index >= 15 is 0 Å². The maximum absolute atomic E-state index is 12.9. The third-order valence-electron chi connectivity index (χ3n) is 5.84. The fourth-order valence-electron chi connectivity index (χ4n) is 5.38. The molecular formula is C17H22N2O4S. The Bertz CT molecular complexity index is 722. The number of hydrogen-bond acceptors (Lipinski definition) is 4. The number of rotatable bonds is 4. The van der Waals surface area contributed by atoms with Crippen molar-refractivity contribution in [2.75, 3.05) is 5.32 Å². The molecule has 0 aliphatic heterocycles. The standard InChI is InChI=1S/C17H22N2O4S/c18-24(21,22)23-15-3-1-14(2-4-15)19-16(20)17-8-11-5-12(9-17)7-13(6-11)10-17/h1-4,11-13H,5-10H2,(H,19,20)(H2,18,21,22). The van der Waals surface area contributed by atoms with Gasteiger partial charge in [0.15, 0.2) is 0 Å². The van der Waals surface area contributed by atoms with Crippen LogP contribution in [0.1, 0.15) is 38.5 Å². The highest BCUT2D eigenvalue weighted by Gasteiger charge is 2.54. The van der Waals surface area contributed by atoms with Gasteiger partial charge in [-0.25, -0.2) is 0 Å². The summed E-state index contributed by atoms with van der Waals surface area (Å²) in [7, 11) is -4.03. The van der Waals surface area contributed by atoms with E-state index in [-0.39, 0.29) is 17.1 Å². The second-order valence-electron chi connectivity index (χ2n) is 7.75. The third kappa shape index (κ3) is 3.02. The molecule has 4 fully saturated rings. The van der Waals surface area contributed by atoms with Crippen molar-refractivity contribution < 1.29 is 17.4 Å². The van der Waals surface area contributed by atoms with Crippen molar-refractivity contribution in [3.05, 3.63) is 24.3 Å². The van der Waals surface area contributed by atoms with Crippen molar-refractivity contribution in [1.82, 2.24) is 0 Å². The van der Waals surface area contributed by atoms with Crippen molar-refractivity contribution in [1.29, 1.82) is 0 Å². The van der Waals surface area contributed by atoms with Crippen LogP contribution in [0.25, 0.3) is 0 Å². The zero-order valence-electron chi connectivity index (χ0n) is 13.4. The number of hydrogen-bond donors (Lipinski definition) is 2. The quantitative estimate of drug-likeness (QED) is 0.871. The van der Waals surface area contributed by atoms with Crippen LogP contribution in [0.3, 0.4) is 0 Å². The molecular weight excluding hydrogens is 328 g/mol. The van der Waals surface area contributed by atoms with Crippen molar-refractivity contribution in [3.63, 3.8) is 0 Å². The number of benzene rings is 1. The molecule has 0 spiro atoms. The van der Waals surface area contributed by atoms with Gasteiger partial charge in [-0.05, 0) is 80.5 Å². The Morgan fingerprint density at radius 3 is 2.00 bits per heavy atom. The van der Waals surface area contributed by atoms with Gasteiger partial charge in [0.2, 0.25) is 5.91 Å². The second-order valence-corrected chi connectivity index (χ2v) is 8.90. The summed E-state index contributed by atoms with van der Waals surface area (Å²) in [6.45, 7) is 0. The van der Waals surface area contributed by atoms with E-state index in [1.54, 1.807) is 12.1 Å². The molecule has 130 valence electrons. The lowest BCUT2D eigenvalue weighted by molar-refractivity contribution is -0.140. The van der Waals surface area contributed by atoms with Gasteiger partial charge in [0, 0.05) is 5.69 Å². The highest BCUT2D eigenvalue weighted by Crippen LogP contribution is 2.60. The van der Waals surface area contributed by atoms with E-state index in [1.165, 1.54) is 31.4 Å². The van der Waals surface area contributed by atoms with E-state index in [2.05, 4.69) is 9.50 Å². The summed E-state index contributed by atoms with van der Waals surface area (Å²) >= 11 is 0. The minimum Gasteiger partial charge on any atom is -0.371 e. The summed E-state index contributed by atoms with van der Waals surface area (Å²) in [5, 5.41) is 7.85. The van der Waals surface area contributed by atoms with E-state index in [0.29, 0.717) is 23.4 Å². The minimum atomic E-state index is -4.03. The van der Waals surface area contributed by atoms with Crippen molar-refractivity contribution in [2.24, 2.45) is 28.3 Å².